The lowest BCUT2D eigenvalue weighted by molar-refractivity contribution is -0.148. The summed E-state index contributed by atoms with van der Waals surface area (Å²) in [5, 5.41) is 0. The summed E-state index contributed by atoms with van der Waals surface area (Å²) in [6.45, 7) is 3.78. The summed E-state index contributed by atoms with van der Waals surface area (Å²) in [5.74, 6) is -0.323. The number of H-pyrrole nitrogens is 1. The van der Waals surface area contributed by atoms with Crippen LogP contribution in [0.25, 0.3) is 0 Å². The standard InChI is InChI=1S/C32H45N3O5/c1-3-4-5-6-7-8-9-10-11-12-13-14-15-16-17-18-19-20-21-22-30(36)39-25-28-27(33)23-29(40-28)35-24-26(2)31(37)34-32(35)38/h4-5,7-8,10-11,13-14,16-17,19-20,24,27-29H,3,6,9,12,15,18,21-23,25,33H2,1-2H3,(H,34,37,38)/b5-4-,8-7-,11-10-,14-13-,17-16-,20-19-/t27-,28+,29?/m0/s1. The van der Waals surface area contributed by atoms with Crippen molar-refractivity contribution in [1.29, 1.82) is 0 Å². The molecule has 0 bridgehead atoms. The smallest absolute Gasteiger partial charge is 0.330 e. The second kappa shape index (κ2) is 19.6. The van der Waals surface area contributed by atoms with Gasteiger partial charge in [-0.25, -0.2) is 4.79 Å². The van der Waals surface area contributed by atoms with Gasteiger partial charge in [0.05, 0.1) is 0 Å². The number of nitrogens with zero attached hydrogens (tertiary/aromatic N) is 1. The number of aromatic amines is 1. The van der Waals surface area contributed by atoms with Gasteiger partial charge in [0.2, 0.25) is 0 Å². The number of esters is 1. The first-order chi connectivity index (χ1) is 19.4. The normalized spacial score (nSPS) is 20.0. The van der Waals surface area contributed by atoms with Gasteiger partial charge in [-0.2, -0.15) is 0 Å². The van der Waals surface area contributed by atoms with Crippen LogP contribution in [-0.2, 0) is 14.3 Å². The van der Waals surface area contributed by atoms with Crippen LogP contribution in [0.3, 0.4) is 0 Å². The molecule has 0 saturated carbocycles. The third kappa shape index (κ3) is 13.0. The van der Waals surface area contributed by atoms with Crippen LogP contribution in [0.5, 0.6) is 0 Å². The van der Waals surface area contributed by atoms with E-state index in [4.69, 9.17) is 15.2 Å². The van der Waals surface area contributed by atoms with Crippen molar-refractivity contribution in [2.75, 3.05) is 6.61 Å². The molecule has 8 heteroatoms. The fourth-order valence-corrected chi connectivity index (χ4v) is 3.97. The molecule has 8 nitrogen and oxygen atoms in total. The number of nitrogens with one attached hydrogen (secondary N) is 1. The van der Waals surface area contributed by atoms with Crippen molar-refractivity contribution in [2.24, 2.45) is 5.73 Å². The monoisotopic (exact) mass is 551 g/mol. The number of ether oxygens (including phenoxy) is 2. The minimum atomic E-state index is -0.611. The molecule has 0 aliphatic carbocycles. The van der Waals surface area contributed by atoms with E-state index in [-0.39, 0.29) is 25.0 Å². The molecule has 1 aromatic rings. The molecule has 1 fully saturated rings. The highest BCUT2D eigenvalue weighted by Crippen LogP contribution is 2.26. The molecule has 218 valence electrons. The molecule has 1 unspecified atom stereocenters. The number of aromatic nitrogens is 2. The van der Waals surface area contributed by atoms with Gasteiger partial charge >= 0.3 is 11.7 Å². The number of nitrogens with two attached hydrogens (primary N) is 1. The van der Waals surface area contributed by atoms with Crippen molar-refractivity contribution in [1.82, 2.24) is 9.55 Å². The molecule has 0 radical (unpaired) electrons. The van der Waals surface area contributed by atoms with E-state index < -0.39 is 23.6 Å². The van der Waals surface area contributed by atoms with Crippen molar-refractivity contribution in [3.63, 3.8) is 0 Å². The van der Waals surface area contributed by atoms with Crippen LogP contribution in [-0.4, -0.2) is 34.3 Å². The molecule has 1 saturated heterocycles. The fraction of sp³-hybridized carbons (Fsp3) is 0.469. The molecule has 0 aromatic carbocycles. The molecule has 1 aliphatic heterocycles. The maximum Gasteiger partial charge on any atom is 0.330 e. The van der Waals surface area contributed by atoms with Gasteiger partial charge in [0.25, 0.3) is 5.56 Å². The average molecular weight is 552 g/mol. The highest BCUT2D eigenvalue weighted by Gasteiger charge is 2.35. The van der Waals surface area contributed by atoms with E-state index >= 15 is 0 Å². The molecule has 0 spiro atoms. The number of hydrogen-bond acceptors (Lipinski definition) is 6. The van der Waals surface area contributed by atoms with Crippen LogP contribution in [0.1, 0.15) is 76.5 Å². The lowest BCUT2D eigenvalue weighted by atomic mass is 10.1. The van der Waals surface area contributed by atoms with Gasteiger partial charge in [-0.05, 0) is 51.9 Å². The molecule has 2 heterocycles. The molecular weight excluding hydrogens is 506 g/mol. The molecule has 0 amide bonds. The zero-order valence-corrected chi connectivity index (χ0v) is 23.9. The zero-order valence-electron chi connectivity index (χ0n) is 23.9. The highest BCUT2D eigenvalue weighted by molar-refractivity contribution is 5.69. The van der Waals surface area contributed by atoms with Gasteiger partial charge in [0, 0.05) is 30.6 Å². The largest absolute Gasteiger partial charge is 0.463 e. The SMILES string of the molecule is CC/C=C\C/C=C\C/C=C\C/C=C\C/C=C\C/C=C\CCC(=O)OC[C@H]1OC(n2cc(C)c(=O)[nH]c2=O)C[C@@H]1N. The van der Waals surface area contributed by atoms with Gasteiger partial charge in [-0.3, -0.25) is 19.1 Å². The molecule has 2 rings (SSSR count). The Bertz CT molecular complexity index is 1190. The lowest BCUT2D eigenvalue weighted by Crippen LogP contribution is -2.34. The minimum absolute atomic E-state index is 0.0251. The lowest BCUT2D eigenvalue weighted by Gasteiger charge is -2.16. The Labute approximate surface area is 237 Å². The number of hydrogen-bond donors (Lipinski definition) is 2. The summed E-state index contributed by atoms with van der Waals surface area (Å²) >= 11 is 0. The summed E-state index contributed by atoms with van der Waals surface area (Å²) < 4.78 is 12.5. The molecule has 3 atom stereocenters. The first kappa shape index (κ1) is 32.7. The van der Waals surface area contributed by atoms with Crippen LogP contribution >= 0.6 is 0 Å². The van der Waals surface area contributed by atoms with E-state index in [1.165, 1.54) is 10.8 Å². The Morgan fingerprint density at radius 2 is 1.48 bits per heavy atom. The Hall–Kier alpha value is -3.49. The maximum atomic E-state index is 12.1. The first-order valence-electron chi connectivity index (χ1n) is 14.2. The molecular formula is C32H45N3O5. The van der Waals surface area contributed by atoms with E-state index in [1.54, 1.807) is 6.92 Å². The quantitative estimate of drug-likeness (QED) is 0.196. The van der Waals surface area contributed by atoms with Crippen molar-refractivity contribution < 1.29 is 14.3 Å². The number of aryl methyl sites for hydroxylation is 1. The van der Waals surface area contributed by atoms with Gasteiger partial charge in [-0.15, -0.1) is 0 Å². The van der Waals surface area contributed by atoms with E-state index in [1.807, 2.05) is 12.2 Å². The predicted molar refractivity (Wildman–Crippen MR) is 161 cm³/mol. The van der Waals surface area contributed by atoms with Gasteiger partial charge in [0.1, 0.15) is 18.9 Å². The van der Waals surface area contributed by atoms with Crippen molar-refractivity contribution >= 4 is 5.97 Å². The Kier molecular flexibility index (Phi) is 16.0. The zero-order chi connectivity index (χ0) is 29.0. The molecule has 3 N–H and O–H groups in total. The van der Waals surface area contributed by atoms with Crippen LogP contribution in [0.2, 0.25) is 0 Å². The van der Waals surface area contributed by atoms with E-state index in [2.05, 4.69) is 72.7 Å². The summed E-state index contributed by atoms with van der Waals surface area (Å²) in [6, 6.07) is -0.389. The number of carbonyl (C=O) groups excluding carboxylic acids is 1. The predicted octanol–water partition coefficient (Wildman–Crippen LogP) is 5.48. The molecule has 1 aromatic heterocycles. The maximum absolute atomic E-state index is 12.1. The van der Waals surface area contributed by atoms with Gasteiger partial charge in [0.15, 0.2) is 0 Å². The second-order valence-corrected chi connectivity index (χ2v) is 9.64. The first-order valence-corrected chi connectivity index (χ1v) is 14.2. The number of allylic oxidation sites excluding steroid dienone is 12. The van der Waals surface area contributed by atoms with Gasteiger partial charge in [-0.1, -0.05) is 79.8 Å². The Balaban J connectivity index is 1.53. The second-order valence-electron chi connectivity index (χ2n) is 9.64. The van der Waals surface area contributed by atoms with Crippen molar-refractivity contribution in [3.8, 4) is 0 Å². The van der Waals surface area contributed by atoms with Crippen molar-refractivity contribution in [3.05, 3.63) is 106 Å². The van der Waals surface area contributed by atoms with Crippen LogP contribution in [0.15, 0.2) is 88.7 Å². The number of rotatable bonds is 17. The van der Waals surface area contributed by atoms with Crippen LogP contribution < -0.4 is 17.0 Å². The van der Waals surface area contributed by atoms with E-state index in [0.29, 0.717) is 18.4 Å². The van der Waals surface area contributed by atoms with E-state index in [0.717, 1.165) is 38.5 Å². The highest BCUT2D eigenvalue weighted by atomic mass is 16.6. The van der Waals surface area contributed by atoms with Gasteiger partial charge < -0.3 is 15.2 Å². The van der Waals surface area contributed by atoms with Crippen molar-refractivity contribution in [2.45, 2.75) is 90.0 Å². The summed E-state index contributed by atoms with van der Waals surface area (Å²) in [7, 11) is 0. The Morgan fingerprint density at radius 3 is 2.02 bits per heavy atom. The number of carbonyl (C=O) groups is 1. The van der Waals surface area contributed by atoms with E-state index in [9.17, 15) is 14.4 Å². The Morgan fingerprint density at radius 1 is 0.950 bits per heavy atom. The van der Waals surface area contributed by atoms with Crippen LogP contribution in [0, 0.1) is 6.92 Å². The molecule has 1 aliphatic rings. The van der Waals surface area contributed by atoms with Crippen LogP contribution in [0.4, 0.5) is 0 Å². The third-order valence-corrected chi connectivity index (χ3v) is 6.26. The summed E-state index contributed by atoms with van der Waals surface area (Å²) in [6.07, 6.45) is 33.0. The summed E-state index contributed by atoms with van der Waals surface area (Å²) in [4.78, 5) is 38.0. The summed E-state index contributed by atoms with van der Waals surface area (Å²) in [5.41, 5.74) is 5.55. The molecule has 40 heavy (non-hydrogen) atoms. The average Bonchev–Trinajstić information content (AvgIpc) is 3.30. The fourth-order valence-electron chi connectivity index (χ4n) is 3.97. The topological polar surface area (TPSA) is 116 Å². The third-order valence-electron chi connectivity index (χ3n) is 6.26. The minimum Gasteiger partial charge on any atom is -0.463 e.